The molecule has 0 radical (unpaired) electrons. The van der Waals surface area contributed by atoms with Crippen molar-refractivity contribution in [3.63, 3.8) is 0 Å². The van der Waals surface area contributed by atoms with Crippen LogP contribution in [0.2, 0.25) is 0 Å². The summed E-state index contributed by atoms with van der Waals surface area (Å²) < 4.78 is 2.18. The standard InChI is InChI=1S/C16H15NO/c1-3-11-4-6-15-13(8-11)14-9-12(10-18)5-7-16(14)17(15)2/h4-10H,3H2,1-2H3. The van der Waals surface area contributed by atoms with Gasteiger partial charge in [0.25, 0.3) is 0 Å². The van der Waals surface area contributed by atoms with E-state index in [1.165, 1.54) is 22.0 Å². The normalized spacial score (nSPS) is 11.2. The summed E-state index contributed by atoms with van der Waals surface area (Å²) in [4.78, 5) is 10.9. The molecule has 0 amide bonds. The second-order valence-corrected chi connectivity index (χ2v) is 4.66. The number of rotatable bonds is 2. The highest BCUT2D eigenvalue weighted by Crippen LogP contribution is 2.29. The van der Waals surface area contributed by atoms with Gasteiger partial charge in [0.1, 0.15) is 6.29 Å². The number of aromatic nitrogens is 1. The van der Waals surface area contributed by atoms with Crippen LogP contribution < -0.4 is 0 Å². The van der Waals surface area contributed by atoms with Gasteiger partial charge in [-0.1, -0.05) is 13.0 Å². The van der Waals surface area contributed by atoms with Crippen LogP contribution >= 0.6 is 0 Å². The third-order valence-corrected chi connectivity index (χ3v) is 3.64. The Balaban J connectivity index is 2.48. The minimum absolute atomic E-state index is 0.733. The first-order chi connectivity index (χ1) is 8.74. The van der Waals surface area contributed by atoms with E-state index in [2.05, 4.69) is 36.7 Å². The molecular formula is C16H15NO. The molecule has 3 aromatic rings. The van der Waals surface area contributed by atoms with Crippen molar-refractivity contribution >= 4 is 28.1 Å². The SMILES string of the molecule is CCc1ccc2c(c1)c1cc(C=O)ccc1n2C. The van der Waals surface area contributed by atoms with Crippen LogP contribution in [-0.4, -0.2) is 10.9 Å². The molecule has 0 aliphatic heterocycles. The molecule has 0 bridgehead atoms. The average molecular weight is 237 g/mol. The fraction of sp³-hybridized carbons (Fsp3) is 0.188. The first-order valence-electron chi connectivity index (χ1n) is 6.21. The van der Waals surface area contributed by atoms with Gasteiger partial charge in [-0.25, -0.2) is 0 Å². The van der Waals surface area contributed by atoms with E-state index in [4.69, 9.17) is 0 Å². The number of hydrogen-bond donors (Lipinski definition) is 0. The highest BCUT2D eigenvalue weighted by molar-refractivity contribution is 6.09. The van der Waals surface area contributed by atoms with E-state index in [-0.39, 0.29) is 0 Å². The molecule has 0 N–H and O–H groups in total. The van der Waals surface area contributed by atoms with Crippen molar-refractivity contribution in [1.82, 2.24) is 4.57 Å². The summed E-state index contributed by atoms with van der Waals surface area (Å²) in [5.41, 5.74) is 4.44. The Kier molecular flexibility index (Phi) is 2.44. The Labute approximate surface area is 106 Å². The van der Waals surface area contributed by atoms with Gasteiger partial charge in [-0.2, -0.15) is 0 Å². The van der Waals surface area contributed by atoms with Crippen molar-refractivity contribution in [2.75, 3.05) is 0 Å². The summed E-state index contributed by atoms with van der Waals surface area (Å²) >= 11 is 0. The van der Waals surface area contributed by atoms with Crippen LogP contribution in [0.3, 0.4) is 0 Å². The van der Waals surface area contributed by atoms with Crippen LogP contribution in [0.1, 0.15) is 22.8 Å². The number of carbonyl (C=O) groups is 1. The van der Waals surface area contributed by atoms with E-state index in [0.717, 1.165) is 23.7 Å². The van der Waals surface area contributed by atoms with Crippen molar-refractivity contribution in [3.8, 4) is 0 Å². The van der Waals surface area contributed by atoms with Gasteiger partial charge in [0, 0.05) is 34.4 Å². The maximum absolute atomic E-state index is 10.9. The maximum Gasteiger partial charge on any atom is 0.150 e. The van der Waals surface area contributed by atoms with E-state index in [0.29, 0.717) is 0 Å². The zero-order valence-corrected chi connectivity index (χ0v) is 10.6. The molecule has 0 atom stereocenters. The average Bonchev–Trinajstić information content (AvgIpc) is 2.71. The number of hydrogen-bond acceptors (Lipinski definition) is 1. The second kappa shape index (κ2) is 3.98. The van der Waals surface area contributed by atoms with Gasteiger partial charge in [0.2, 0.25) is 0 Å². The molecule has 3 rings (SSSR count). The highest BCUT2D eigenvalue weighted by Gasteiger charge is 2.08. The lowest BCUT2D eigenvalue weighted by molar-refractivity contribution is 0.112. The molecule has 0 unspecified atom stereocenters. The van der Waals surface area contributed by atoms with E-state index in [1.807, 2.05) is 18.2 Å². The first-order valence-corrected chi connectivity index (χ1v) is 6.21. The number of aryl methyl sites for hydroxylation is 2. The molecule has 1 aromatic heterocycles. The number of nitrogens with zero attached hydrogens (tertiary/aromatic N) is 1. The summed E-state index contributed by atoms with van der Waals surface area (Å²) in [7, 11) is 2.07. The van der Waals surface area contributed by atoms with Crippen molar-refractivity contribution in [2.45, 2.75) is 13.3 Å². The first kappa shape index (κ1) is 11.0. The van der Waals surface area contributed by atoms with Crippen molar-refractivity contribution in [1.29, 1.82) is 0 Å². The van der Waals surface area contributed by atoms with Crippen LogP contribution in [-0.2, 0) is 13.5 Å². The minimum Gasteiger partial charge on any atom is -0.344 e. The number of fused-ring (bicyclic) bond motifs is 3. The topological polar surface area (TPSA) is 22.0 Å². The summed E-state index contributed by atoms with van der Waals surface area (Å²) in [6, 6.07) is 12.4. The van der Waals surface area contributed by atoms with E-state index >= 15 is 0 Å². The molecule has 0 saturated heterocycles. The summed E-state index contributed by atoms with van der Waals surface area (Å²) in [6.45, 7) is 2.16. The molecule has 18 heavy (non-hydrogen) atoms. The van der Waals surface area contributed by atoms with Crippen LogP contribution in [0.4, 0.5) is 0 Å². The summed E-state index contributed by atoms with van der Waals surface area (Å²) in [6.07, 6.45) is 1.93. The Hall–Kier alpha value is -2.09. The van der Waals surface area contributed by atoms with Gasteiger partial charge < -0.3 is 4.57 Å². The monoisotopic (exact) mass is 237 g/mol. The Bertz CT molecular complexity index is 752. The number of carbonyl (C=O) groups excluding carboxylic acids is 1. The fourth-order valence-corrected chi connectivity index (χ4v) is 2.58. The molecular weight excluding hydrogens is 222 g/mol. The lowest BCUT2D eigenvalue weighted by atomic mass is 10.1. The predicted octanol–water partition coefficient (Wildman–Crippen LogP) is 3.71. The maximum atomic E-state index is 10.9. The predicted molar refractivity (Wildman–Crippen MR) is 75.2 cm³/mol. The van der Waals surface area contributed by atoms with Crippen LogP contribution in [0.15, 0.2) is 36.4 Å². The molecule has 0 aliphatic rings. The Morgan fingerprint density at radius 2 is 1.72 bits per heavy atom. The summed E-state index contributed by atoms with van der Waals surface area (Å²) in [5, 5.41) is 2.39. The molecule has 2 nitrogen and oxygen atoms in total. The lowest BCUT2D eigenvalue weighted by Crippen LogP contribution is -1.87. The smallest absolute Gasteiger partial charge is 0.150 e. The van der Waals surface area contributed by atoms with Crippen LogP contribution in [0.25, 0.3) is 21.8 Å². The molecule has 2 heteroatoms. The highest BCUT2D eigenvalue weighted by atomic mass is 16.1. The lowest BCUT2D eigenvalue weighted by Gasteiger charge is -1.99. The molecule has 0 spiro atoms. The molecule has 0 saturated carbocycles. The van der Waals surface area contributed by atoms with Gasteiger partial charge in [-0.05, 0) is 42.3 Å². The molecule has 2 aromatic carbocycles. The third kappa shape index (κ3) is 1.46. The van der Waals surface area contributed by atoms with Crippen LogP contribution in [0.5, 0.6) is 0 Å². The third-order valence-electron chi connectivity index (χ3n) is 3.64. The van der Waals surface area contributed by atoms with Gasteiger partial charge in [0.15, 0.2) is 0 Å². The minimum atomic E-state index is 0.733. The number of aldehydes is 1. The molecule has 0 aliphatic carbocycles. The van der Waals surface area contributed by atoms with Gasteiger partial charge in [-0.3, -0.25) is 4.79 Å². The number of benzene rings is 2. The quantitative estimate of drug-likeness (QED) is 0.623. The van der Waals surface area contributed by atoms with Gasteiger partial charge in [0.05, 0.1) is 0 Å². The van der Waals surface area contributed by atoms with Crippen LogP contribution in [0, 0.1) is 0 Å². The van der Waals surface area contributed by atoms with E-state index < -0.39 is 0 Å². The van der Waals surface area contributed by atoms with E-state index in [1.54, 1.807) is 0 Å². The molecule has 0 fully saturated rings. The Morgan fingerprint density at radius 3 is 2.39 bits per heavy atom. The summed E-state index contributed by atoms with van der Waals surface area (Å²) in [5.74, 6) is 0. The zero-order chi connectivity index (χ0) is 12.7. The largest absolute Gasteiger partial charge is 0.344 e. The van der Waals surface area contributed by atoms with Gasteiger partial charge in [-0.15, -0.1) is 0 Å². The van der Waals surface area contributed by atoms with Crippen molar-refractivity contribution in [3.05, 3.63) is 47.5 Å². The molecule has 90 valence electrons. The van der Waals surface area contributed by atoms with E-state index in [9.17, 15) is 4.79 Å². The zero-order valence-electron chi connectivity index (χ0n) is 10.6. The Morgan fingerprint density at radius 1 is 1.06 bits per heavy atom. The van der Waals surface area contributed by atoms with Crippen molar-refractivity contribution < 1.29 is 4.79 Å². The van der Waals surface area contributed by atoms with Crippen molar-refractivity contribution in [2.24, 2.45) is 7.05 Å². The van der Waals surface area contributed by atoms with Gasteiger partial charge >= 0.3 is 0 Å². The molecule has 1 heterocycles. The fourth-order valence-electron chi connectivity index (χ4n) is 2.58. The second-order valence-electron chi connectivity index (χ2n) is 4.66.